The Morgan fingerprint density at radius 3 is 2.81 bits per heavy atom. The van der Waals surface area contributed by atoms with Crippen LogP contribution in [0.5, 0.6) is 0 Å². The van der Waals surface area contributed by atoms with Crippen LogP contribution in [0.1, 0.15) is 5.56 Å². The standard InChI is InChI=1S/C12H14F2N2/c1-15-7-9-2-3-10-4-5-16(8-12(13)14)11(10)6-9/h2-6,12,15H,7-8H2,1H3. The minimum absolute atomic E-state index is 0.244. The van der Waals surface area contributed by atoms with Gasteiger partial charge in [-0.25, -0.2) is 8.78 Å². The number of benzene rings is 1. The van der Waals surface area contributed by atoms with E-state index in [4.69, 9.17) is 0 Å². The molecule has 0 unspecified atom stereocenters. The van der Waals surface area contributed by atoms with Crippen molar-refractivity contribution in [2.75, 3.05) is 7.05 Å². The first-order valence-electron chi connectivity index (χ1n) is 5.21. The van der Waals surface area contributed by atoms with E-state index in [2.05, 4.69) is 5.32 Å². The van der Waals surface area contributed by atoms with E-state index in [0.29, 0.717) is 0 Å². The van der Waals surface area contributed by atoms with Crippen molar-refractivity contribution in [1.29, 1.82) is 0 Å². The monoisotopic (exact) mass is 224 g/mol. The lowest BCUT2D eigenvalue weighted by Gasteiger charge is -2.06. The van der Waals surface area contributed by atoms with Gasteiger partial charge in [0.15, 0.2) is 0 Å². The summed E-state index contributed by atoms with van der Waals surface area (Å²) in [6, 6.07) is 7.78. The van der Waals surface area contributed by atoms with Gasteiger partial charge in [-0.15, -0.1) is 0 Å². The van der Waals surface area contributed by atoms with Crippen LogP contribution in [-0.2, 0) is 13.1 Å². The first-order chi connectivity index (χ1) is 7.70. The molecule has 0 aliphatic heterocycles. The van der Waals surface area contributed by atoms with Gasteiger partial charge in [0.1, 0.15) is 0 Å². The molecule has 1 N–H and O–H groups in total. The molecule has 86 valence electrons. The van der Waals surface area contributed by atoms with Crippen LogP contribution in [-0.4, -0.2) is 18.0 Å². The first kappa shape index (κ1) is 11.1. The highest BCUT2D eigenvalue weighted by atomic mass is 19.3. The second-order valence-electron chi connectivity index (χ2n) is 3.78. The summed E-state index contributed by atoms with van der Waals surface area (Å²) < 4.78 is 26.3. The van der Waals surface area contributed by atoms with Crippen molar-refractivity contribution in [1.82, 2.24) is 9.88 Å². The molecule has 16 heavy (non-hydrogen) atoms. The number of nitrogens with one attached hydrogen (secondary N) is 1. The lowest BCUT2D eigenvalue weighted by molar-refractivity contribution is 0.128. The van der Waals surface area contributed by atoms with Gasteiger partial charge in [-0.3, -0.25) is 0 Å². The van der Waals surface area contributed by atoms with E-state index in [1.165, 1.54) is 0 Å². The molecule has 0 saturated carbocycles. The third kappa shape index (κ3) is 2.22. The second-order valence-corrected chi connectivity index (χ2v) is 3.78. The van der Waals surface area contributed by atoms with Crippen LogP contribution in [0.2, 0.25) is 0 Å². The largest absolute Gasteiger partial charge is 0.342 e. The summed E-state index contributed by atoms with van der Waals surface area (Å²) in [4.78, 5) is 0. The van der Waals surface area contributed by atoms with E-state index in [-0.39, 0.29) is 6.54 Å². The zero-order valence-corrected chi connectivity index (χ0v) is 9.08. The van der Waals surface area contributed by atoms with Gasteiger partial charge in [-0.05, 0) is 30.1 Å². The zero-order valence-electron chi connectivity index (χ0n) is 9.08. The molecular formula is C12H14F2N2. The van der Waals surface area contributed by atoms with E-state index in [1.54, 1.807) is 10.8 Å². The summed E-state index contributed by atoms with van der Waals surface area (Å²) in [6.45, 7) is 0.502. The average Bonchev–Trinajstić information content (AvgIpc) is 2.61. The molecule has 0 amide bonds. The summed E-state index contributed by atoms with van der Waals surface area (Å²) >= 11 is 0. The van der Waals surface area contributed by atoms with Crippen molar-refractivity contribution < 1.29 is 8.78 Å². The number of nitrogens with zero attached hydrogens (tertiary/aromatic N) is 1. The SMILES string of the molecule is CNCc1ccc2ccn(CC(F)F)c2c1. The van der Waals surface area contributed by atoms with Gasteiger partial charge < -0.3 is 9.88 Å². The van der Waals surface area contributed by atoms with Gasteiger partial charge in [-0.1, -0.05) is 12.1 Å². The fourth-order valence-electron chi connectivity index (χ4n) is 1.85. The van der Waals surface area contributed by atoms with Gasteiger partial charge >= 0.3 is 0 Å². The van der Waals surface area contributed by atoms with E-state index in [9.17, 15) is 8.78 Å². The Morgan fingerprint density at radius 2 is 2.12 bits per heavy atom. The Morgan fingerprint density at radius 1 is 1.31 bits per heavy atom. The predicted octanol–water partition coefficient (Wildman–Crippen LogP) is 2.63. The van der Waals surface area contributed by atoms with Gasteiger partial charge in [0.2, 0.25) is 0 Å². The number of rotatable bonds is 4. The van der Waals surface area contributed by atoms with Crippen molar-refractivity contribution in [3.05, 3.63) is 36.0 Å². The van der Waals surface area contributed by atoms with Crippen molar-refractivity contribution >= 4 is 10.9 Å². The third-order valence-electron chi connectivity index (χ3n) is 2.55. The quantitative estimate of drug-likeness (QED) is 0.844. The molecule has 2 nitrogen and oxygen atoms in total. The molecule has 0 spiro atoms. The topological polar surface area (TPSA) is 17.0 Å². The molecule has 0 radical (unpaired) electrons. The van der Waals surface area contributed by atoms with Crippen LogP contribution < -0.4 is 5.32 Å². The van der Waals surface area contributed by atoms with Gasteiger partial charge in [-0.2, -0.15) is 0 Å². The lowest BCUT2D eigenvalue weighted by atomic mass is 10.1. The second kappa shape index (κ2) is 4.61. The third-order valence-corrected chi connectivity index (χ3v) is 2.55. The lowest BCUT2D eigenvalue weighted by Crippen LogP contribution is -2.07. The number of hydrogen-bond acceptors (Lipinski definition) is 1. The highest BCUT2D eigenvalue weighted by Gasteiger charge is 2.07. The maximum absolute atomic E-state index is 12.3. The van der Waals surface area contributed by atoms with Gasteiger partial charge in [0.25, 0.3) is 6.43 Å². The van der Waals surface area contributed by atoms with E-state index in [0.717, 1.165) is 23.0 Å². The van der Waals surface area contributed by atoms with Gasteiger partial charge in [0.05, 0.1) is 6.54 Å². The van der Waals surface area contributed by atoms with Gasteiger partial charge in [0, 0.05) is 18.3 Å². The molecule has 0 bridgehead atoms. The molecule has 0 aliphatic rings. The summed E-state index contributed by atoms with van der Waals surface area (Å²) in [7, 11) is 1.86. The normalized spacial score (nSPS) is 11.5. The molecule has 2 aromatic rings. The van der Waals surface area contributed by atoms with Crippen molar-refractivity contribution in [2.45, 2.75) is 19.5 Å². The number of alkyl halides is 2. The van der Waals surface area contributed by atoms with E-state index >= 15 is 0 Å². The highest BCUT2D eigenvalue weighted by molar-refractivity contribution is 5.80. The molecule has 1 heterocycles. The minimum atomic E-state index is -2.32. The molecule has 0 aliphatic carbocycles. The summed E-state index contributed by atoms with van der Waals surface area (Å²) in [5, 5.41) is 4.04. The number of halogens is 2. The van der Waals surface area contributed by atoms with Crippen LogP contribution >= 0.6 is 0 Å². The van der Waals surface area contributed by atoms with Crippen LogP contribution in [0, 0.1) is 0 Å². The Bertz CT molecular complexity index is 477. The van der Waals surface area contributed by atoms with Crippen LogP contribution in [0.4, 0.5) is 8.78 Å². The van der Waals surface area contributed by atoms with Crippen LogP contribution in [0.15, 0.2) is 30.5 Å². The van der Waals surface area contributed by atoms with Crippen molar-refractivity contribution in [3.63, 3.8) is 0 Å². The number of hydrogen-bond donors (Lipinski definition) is 1. The minimum Gasteiger partial charge on any atom is -0.342 e. The molecule has 4 heteroatoms. The predicted molar refractivity (Wildman–Crippen MR) is 60.7 cm³/mol. The summed E-state index contributed by atoms with van der Waals surface area (Å²) in [6.07, 6.45) is -0.608. The Labute approximate surface area is 92.9 Å². The Hall–Kier alpha value is -1.42. The van der Waals surface area contributed by atoms with E-state index in [1.807, 2.05) is 31.3 Å². The fourth-order valence-corrected chi connectivity index (χ4v) is 1.85. The first-order valence-corrected chi connectivity index (χ1v) is 5.21. The highest BCUT2D eigenvalue weighted by Crippen LogP contribution is 2.18. The smallest absolute Gasteiger partial charge is 0.256 e. The molecule has 1 aromatic heterocycles. The number of aromatic nitrogens is 1. The number of fused-ring (bicyclic) bond motifs is 1. The maximum atomic E-state index is 12.3. The molecule has 1 aromatic carbocycles. The molecule has 0 atom stereocenters. The van der Waals surface area contributed by atoms with Crippen molar-refractivity contribution in [2.24, 2.45) is 0 Å². The average molecular weight is 224 g/mol. The molecule has 2 rings (SSSR count). The Kier molecular flexibility index (Phi) is 3.19. The zero-order chi connectivity index (χ0) is 11.5. The molecule has 0 saturated heterocycles. The summed E-state index contributed by atoms with van der Waals surface area (Å²) in [5.74, 6) is 0. The molecule has 0 fully saturated rings. The fraction of sp³-hybridized carbons (Fsp3) is 0.333. The van der Waals surface area contributed by atoms with E-state index < -0.39 is 6.43 Å². The van der Waals surface area contributed by atoms with Crippen LogP contribution in [0.25, 0.3) is 10.9 Å². The van der Waals surface area contributed by atoms with Crippen LogP contribution in [0.3, 0.4) is 0 Å². The Balaban J connectivity index is 2.39. The summed E-state index contributed by atoms with van der Waals surface area (Å²) in [5.41, 5.74) is 1.97. The molecular weight excluding hydrogens is 210 g/mol. The maximum Gasteiger partial charge on any atom is 0.256 e. The van der Waals surface area contributed by atoms with Crippen molar-refractivity contribution in [3.8, 4) is 0 Å².